The number of carbonyl (C=O) groups is 1. The van der Waals surface area contributed by atoms with Gasteiger partial charge in [0.05, 0.1) is 12.7 Å². The van der Waals surface area contributed by atoms with Gasteiger partial charge in [-0.15, -0.1) is 0 Å². The number of ether oxygens (including phenoxy) is 1. The van der Waals surface area contributed by atoms with Crippen molar-refractivity contribution < 1.29 is 9.53 Å². The molecule has 0 bridgehead atoms. The van der Waals surface area contributed by atoms with Crippen LogP contribution in [0.5, 0.6) is 0 Å². The van der Waals surface area contributed by atoms with Crippen LogP contribution in [-0.2, 0) is 4.74 Å². The van der Waals surface area contributed by atoms with Crippen LogP contribution in [0, 0.1) is 18.8 Å². The molecule has 25 heavy (non-hydrogen) atoms. The van der Waals surface area contributed by atoms with Crippen molar-refractivity contribution in [2.75, 3.05) is 31.6 Å². The summed E-state index contributed by atoms with van der Waals surface area (Å²) in [7, 11) is 0. The predicted octanol–water partition coefficient (Wildman–Crippen LogP) is 1.38. The number of likely N-dealkylation sites (tertiary alicyclic amines) is 1. The van der Waals surface area contributed by atoms with E-state index in [2.05, 4.69) is 20.3 Å². The Labute approximate surface area is 146 Å². The third-order valence-corrected chi connectivity index (χ3v) is 4.94. The van der Waals surface area contributed by atoms with Gasteiger partial charge < -0.3 is 15.0 Å². The van der Waals surface area contributed by atoms with Crippen molar-refractivity contribution in [3.8, 4) is 0 Å². The third kappa shape index (κ3) is 3.32. The zero-order valence-corrected chi connectivity index (χ0v) is 14.1. The van der Waals surface area contributed by atoms with E-state index in [0.29, 0.717) is 43.2 Å². The predicted molar refractivity (Wildman–Crippen MR) is 92.1 cm³/mol. The number of pyridine rings is 1. The van der Waals surface area contributed by atoms with E-state index in [-0.39, 0.29) is 12.0 Å². The highest BCUT2D eigenvalue weighted by atomic mass is 16.5. The maximum atomic E-state index is 12.6. The molecular formula is C18H21N5O2. The lowest BCUT2D eigenvalue weighted by Crippen LogP contribution is -2.32. The van der Waals surface area contributed by atoms with E-state index in [1.165, 1.54) is 0 Å². The number of nitrogens with zero attached hydrogens (tertiary/aromatic N) is 4. The number of aryl methyl sites for hydroxylation is 1. The van der Waals surface area contributed by atoms with Gasteiger partial charge in [-0.2, -0.15) is 0 Å². The van der Waals surface area contributed by atoms with E-state index in [0.717, 1.165) is 12.1 Å². The fourth-order valence-corrected chi connectivity index (χ4v) is 3.54. The van der Waals surface area contributed by atoms with E-state index < -0.39 is 0 Å². The average Bonchev–Trinajstić information content (AvgIpc) is 3.22. The van der Waals surface area contributed by atoms with Gasteiger partial charge in [-0.1, -0.05) is 6.07 Å². The number of anilines is 1. The first-order chi connectivity index (χ1) is 12.2. The SMILES string of the molecule is Cc1ccc(C(=O)N2C[C@H]3[C@H](CNc4ncccn4)CO[C@H]3C2)nc1. The van der Waals surface area contributed by atoms with Crippen LogP contribution in [-0.4, -0.2) is 58.1 Å². The van der Waals surface area contributed by atoms with Crippen LogP contribution < -0.4 is 5.32 Å². The zero-order valence-electron chi connectivity index (χ0n) is 14.1. The highest BCUT2D eigenvalue weighted by Gasteiger charge is 2.45. The Morgan fingerprint density at radius 1 is 1.28 bits per heavy atom. The van der Waals surface area contributed by atoms with Gasteiger partial charge in [-0.05, 0) is 24.6 Å². The number of hydrogen-bond donors (Lipinski definition) is 1. The summed E-state index contributed by atoms with van der Waals surface area (Å²) in [6.45, 7) is 4.76. The second-order valence-corrected chi connectivity index (χ2v) is 6.68. The van der Waals surface area contributed by atoms with Crippen molar-refractivity contribution >= 4 is 11.9 Å². The Balaban J connectivity index is 1.37. The van der Waals surface area contributed by atoms with Crippen LogP contribution in [0.2, 0.25) is 0 Å². The number of aromatic nitrogens is 3. The second-order valence-electron chi connectivity index (χ2n) is 6.68. The molecule has 7 nitrogen and oxygen atoms in total. The summed E-state index contributed by atoms with van der Waals surface area (Å²) < 4.78 is 5.92. The second kappa shape index (κ2) is 6.76. The molecule has 0 aliphatic carbocycles. The van der Waals surface area contributed by atoms with Crippen molar-refractivity contribution in [2.24, 2.45) is 11.8 Å². The molecule has 2 aromatic rings. The maximum Gasteiger partial charge on any atom is 0.272 e. The van der Waals surface area contributed by atoms with Crippen LogP contribution in [0.1, 0.15) is 16.1 Å². The summed E-state index contributed by atoms with van der Waals surface area (Å²) in [5, 5.41) is 3.26. The lowest BCUT2D eigenvalue weighted by atomic mass is 9.93. The molecule has 2 aliphatic rings. The molecule has 0 radical (unpaired) electrons. The normalized spacial score (nSPS) is 25.0. The van der Waals surface area contributed by atoms with Crippen molar-refractivity contribution in [1.29, 1.82) is 0 Å². The van der Waals surface area contributed by atoms with E-state index in [1.54, 1.807) is 30.7 Å². The Hall–Kier alpha value is -2.54. The number of rotatable bonds is 4. The molecular weight excluding hydrogens is 318 g/mol. The quantitative estimate of drug-likeness (QED) is 0.906. The molecule has 4 rings (SSSR count). The highest BCUT2D eigenvalue weighted by Crippen LogP contribution is 2.34. The van der Waals surface area contributed by atoms with Crippen LogP contribution in [0.4, 0.5) is 5.95 Å². The molecule has 3 atom stereocenters. The van der Waals surface area contributed by atoms with Crippen LogP contribution in [0.3, 0.4) is 0 Å². The number of hydrogen-bond acceptors (Lipinski definition) is 6. The topological polar surface area (TPSA) is 80.2 Å². The summed E-state index contributed by atoms with van der Waals surface area (Å²) in [6, 6.07) is 5.50. The smallest absolute Gasteiger partial charge is 0.272 e. The Kier molecular flexibility index (Phi) is 4.31. The molecule has 2 aromatic heterocycles. The summed E-state index contributed by atoms with van der Waals surface area (Å²) in [5.74, 6) is 1.29. The fraction of sp³-hybridized carbons (Fsp3) is 0.444. The molecule has 0 spiro atoms. The molecule has 1 amide bonds. The Morgan fingerprint density at radius 2 is 2.12 bits per heavy atom. The molecule has 1 N–H and O–H groups in total. The van der Waals surface area contributed by atoms with Crippen molar-refractivity contribution in [1.82, 2.24) is 19.9 Å². The summed E-state index contributed by atoms with van der Waals surface area (Å²) in [4.78, 5) is 27.1. The summed E-state index contributed by atoms with van der Waals surface area (Å²) in [6.07, 6.45) is 5.27. The molecule has 7 heteroatoms. The van der Waals surface area contributed by atoms with E-state index in [9.17, 15) is 4.79 Å². The summed E-state index contributed by atoms with van der Waals surface area (Å²) >= 11 is 0. The lowest BCUT2D eigenvalue weighted by Gasteiger charge is -2.20. The zero-order chi connectivity index (χ0) is 17.2. The third-order valence-electron chi connectivity index (χ3n) is 4.94. The van der Waals surface area contributed by atoms with E-state index in [1.807, 2.05) is 17.9 Å². The number of nitrogens with one attached hydrogen (secondary N) is 1. The standard InChI is InChI=1S/C18H21N5O2/c1-12-3-4-15(21-7-12)17(24)23-9-14-13(11-25-16(14)10-23)8-22-18-19-5-2-6-20-18/h2-7,13-14,16H,8-11H2,1H3,(H,19,20,22)/t13-,14+,16+/m1/s1. The molecule has 130 valence electrons. The first-order valence-corrected chi connectivity index (χ1v) is 8.55. The molecule has 0 unspecified atom stereocenters. The van der Waals surface area contributed by atoms with Gasteiger partial charge >= 0.3 is 0 Å². The van der Waals surface area contributed by atoms with E-state index in [4.69, 9.17) is 4.74 Å². The Morgan fingerprint density at radius 3 is 2.88 bits per heavy atom. The Bertz CT molecular complexity index is 737. The van der Waals surface area contributed by atoms with Crippen LogP contribution in [0.15, 0.2) is 36.8 Å². The minimum absolute atomic E-state index is 0.0175. The summed E-state index contributed by atoms with van der Waals surface area (Å²) in [5.41, 5.74) is 1.55. The van der Waals surface area contributed by atoms with Crippen molar-refractivity contribution in [3.63, 3.8) is 0 Å². The molecule has 2 aliphatic heterocycles. The molecule has 0 saturated carbocycles. The largest absolute Gasteiger partial charge is 0.376 e. The van der Waals surface area contributed by atoms with Gasteiger partial charge in [0.15, 0.2) is 0 Å². The first kappa shape index (κ1) is 16.0. The van der Waals surface area contributed by atoms with Gasteiger partial charge in [-0.3, -0.25) is 9.78 Å². The number of fused-ring (bicyclic) bond motifs is 1. The monoisotopic (exact) mass is 339 g/mol. The number of carbonyl (C=O) groups excluding carboxylic acids is 1. The van der Waals surface area contributed by atoms with E-state index >= 15 is 0 Å². The molecule has 4 heterocycles. The van der Waals surface area contributed by atoms with Crippen molar-refractivity contribution in [3.05, 3.63) is 48.0 Å². The van der Waals surface area contributed by atoms with Crippen LogP contribution >= 0.6 is 0 Å². The van der Waals surface area contributed by atoms with Gasteiger partial charge in [0.25, 0.3) is 5.91 Å². The molecule has 2 saturated heterocycles. The molecule has 2 fully saturated rings. The average molecular weight is 339 g/mol. The maximum absolute atomic E-state index is 12.6. The van der Waals surface area contributed by atoms with Gasteiger partial charge in [0.1, 0.15) is 5.69 Å². The number of amides is 1. The van der Waals surface area contributed by atoms with Gasteiger partial charge in [0, 0.05) is 50.1 Å². The van der Waals surface area contributed by atoms with Gasteiger partial charge in [0.2, 0.25) is 5.95 Å². The first-order valence-electron chi connectivity index (χ1n) is 8.55. The lowest BCUT2D eigenvalue weighted by molar-refractivity contribution is 0.0675. The van der Waals surface area contributed by atoms with Crippen LogP contribution in [0.25, 0.3) is 0 Å². The minimum atomic E-state index is -0.0175. The fourth-order valence-electron chi connectivity index (χ4n) is 3.54. The molecule has 0 aromatic carbocycles. The highest BCUT2D eigenvalue weighted by molar-refractivity contribution is 5.92. The van der Waals surface area contributed by atoms with Crippen molar-refractivity contribution in [2.45, 2.75) is 13.0 Å². The van der Waals surface area contributed by atoms with Gasteiger partial charge in [-0.25, -0.2) is 9.97 Å². The minimum Gasteiger partial charge on any atom is -0.376 e.